The van der Waals surface area contributed by atoms with E-state index in [9.17, 15) is 9.59 Å². The summed E-state index contributed by atoms with van der Waals surface area (Å²) >= 11 is 12.2. The number of rotatable bonds is 6. The Morgan fingerprint density at radius 1 is 1.37 bits per heavy atom. The van der Waals surface area contributed by atoms with Gasteiger partial charge in [-0.25, -0.2) is 0 Å². The van der Waals surface area contributed by atoms with E-state index < -0.39 is 5.60 Å². The van der Waals surface area contributed by atoms with E-state index in [1.807, 2.05) is 6.92 Å². The van der Waals surface area contributed by atoms with Gasteiger partial charge in [-0.1, -0.05) is 28.4 Å². The van der Waals surface area contributed by atoms with Gasteiger partial charge in [-0.15, -0.1) is 0 Å². The number of nitrogens with one attached hydrogen (secondary N) is 1. The second-order valence-corrected chi connectivity index (χ2v) is 7.92. The number of methoxy groups -OCH3 is 1. The van der Waals surface area contributed by atoms with Crippen molar-refractivity contribution < 1.29 is 19.2 Å². The van der Waals surface area contributed by atoms with Gasteiger partial charge in [-0.3, -0.25) is 9.59 Å². The number of benzene rings is 1. The van der Waals surface area contributed by atoms with Crippen molar-refractivity contribution in [2.75, 3.05) is 7.11 Å². The zero-order valence-electron chi connectivity index (χ0n) is 15.3. The van der Waals surface area contributed by atoms with Gasteiger partial charge in [-0.2, -0.15) is 0 Å². The highest BCUT2D eigenvalue weighted by molar-refractivity contribution is 6.35. The van der Waals surface area contributed by atoms with Crippen LogP contribution in [0, 0.1) is 5.92 Å². The first-order valence-electron chi connectivity index (χ1n) is 8.96. The van der Waals surface area contributed by atoms with Gasteiger partial charge in [0.25, 0.3) is 5.91 Å². The van der Waals surface area contributed by atoms with Crippen molar-refractivity contribution in [2.24, 2.45) is 11.1 Å². The van der Waals surface area contributed by atoms with Crippen LogP contribution in [0.3, 0.4) is 0 Å². The quantitative estimate of drug-likeness (QED) is 0.722. The molecule has 6 nitrogen and oxygen atoms in total. The van der Waals surface area contributed by atoms with Crippen LogP contribution < -0.4 is 5.32 Å². The van der Waals surface area contributed by atoms with Crippen molar-refractivity contribution in [3.8, 4) is 0 Å². The highest BCUT2D eigenvalue weighted by atomic mass is 35.5. The first-order chi connectivity index (χ1) is 12.9. The van der Waals surface area contributed by atoms with Crippen LogP contribution in [-0.2, 0) is 19.2 Å². The number of halogens is 2. The zero-order chi connectivity index (χ0) is 19.6. The SMILES string of the molecule is COC(=O)CC[C@H](C)NC(=O)C12CCCC1C(c1cc(Cl)cc(Cl)c1)=NO2. The molecule has 1 aromatic carbocycles. The fourth-order valence-electron chi connectivity index (χ4n) is 3.76. The van der Waals surface area contributed by atoms with Crippen LogP contribution in [0.2, 0.25) is 10.0 Å². The molecule has 3 rings (SSSR count). The minimum Gasteiger partial charge on any atom is -0.469 e. The van der Waals surface area contributed by atoms with Crippen molar-refractivity contribution in [1.82, 2.24) is 5.32 Å². The summed E-state index contributed by atoms with van der Waals surface area (Å²) in [7, 11) is 1.35. The van der Waals surface area contributed by atoms with Crippen molar-refractivity contribution >= 4 is 40.8 Å². The van der Waals surface area contributed by atoms with Gasteiger partial charge < -0.3 is 14.9 Å². The molecule has 1 amide bonds. The number of amides is 1. The Balaban J connectivity index is 1.72. The first-order valence-corrected chi connectivity index (χ1v) is 9.71. The van der Waals surface area contributed by atoms with Crippen LogP contribution >= 0.6 is 23.2 Å². The second kappa shape index (κ2) is 8.07. The molecule has 1 heterocycles. The zero-order valence-corrected chi connectivity index (χ0v) is 16.8. The number of carbonyl (C=O) groups is 2. The molecule has 1 aliphatic heterocycles. The molecule has 2 unspecified atom stereocenters. The lowest BCUT2D eigenvalue weighted by molar-refractivity contribution is -0.147. The molecule has 1 N–H and O–H groups in total. The smallest absolute Gasteiger partial charge is 0.305 e. The molecule has 1 aromatic rings. The predicted octanol–water partition coefficient (Wildman–Crippen LogP) is 3.72. The lowest BCUT2D eigenvalue weighted by Gasteiger charge is -2.27. The summed E-state index contributed by atoms with van der Waals surface area (Å²) in [5.74, 6) is -0.650. The normalized spacial score (nSPS) is 24.6. The van der Waals surface area contributed by atoms with E-state index in [0.29, 0.717) is 28.6 Å². The van der Waals surface area contributed by atoms with E-state index in [1.54, 1.807) is 18.2 Å². The molecule has 0 spiro atoms. The molecular weight excluding hydrogens is 391 g/mol. The van der Waals surface area contributed by atoms with Crippen molar-refractivity contribution in [2.45, 2.75) is 50.7 Å². The van der Waals surface area contributed by atoms with E-state index in [2.05, 4.69) is 15.2 Å². The molecule has 0 saturated heterocycles. The van der Waals surface area contributed by atoms with E-state index in [-0.39, 0.29) is 30.3 Å². The monoisotopic (exact) mass is 412 g/mol. The van der Waals surface area contributed by atoms with Crippen LogP contribution in [0.25, 0.3) is 0 Å². The summed E-state index contributed by atoms with van der Waals surface area (Å²) in [6.45, 7) is 1.86. The average molecular weight is 413 g/mol. The van der Waals surface area contributed by atoms with Crippen LogP contribution in [0.4, 0.5) is 0 Å². The maximum Gasteiger partial charge on any atom is 0.305 e. The maximum absolute atomic E-state index is 13.0. The van der Waals surface area contributed by atoms with E-state index in [1.165, 1.54) is 7.11 Å². The summed E-state index contributed by atoms with van der Waals surface area (Å²) in [5.41, 5.74) is 0.464. The lowest BCUT2D eigenvalue weighted by atomic mass is 9.84. The highest BCUT2D eigenvalue weighted by Gasteiger charge is 2.57. The summed E-state index contributed by atoms with van der Waals surface area (Å²) in [4.78, 5) is 30.0. The van der Waals surface area contributed by atoms with Gasteiger partial charge in [0.15, 0.2) is 0 Å². The van der Waals surface area contributed by atoms with Gasteiger partial charge in [0, 0.05) is 28.1 Å². The number of nitrogens with zero attached hydrogens (tertiary/aromatic N) is 1. The van der Waals surface area contributed by atoms with Crippen LogP contribution in [0.5, 0.6) is 0 Å². The molecule has 0 radical (unpaired) electrons. The molecule has 8 heteroatoms. The minimum atomic E-state index is -1.01. The largest absolute Gasteiger partial charge is 0.469 e. The Morgan fingerprint density at radius 2 is 2.07 bits per heavy atom. The van der Waals surface area contributed by atoms with Crippen molar-refractivity contribution in [1.29, 1.82) is 0 Å². The number of fused-ring (bicyclic) bond motifs is 1. The van der Waals surface area contributed by atoms with Gasteiger partial charge >= 0.3 is 5.97 Å². The third kappa shape index (κ3) is 4.06. The van der Waals surface area contributed by atoms with Gasteiger partial charge in [-0.05, 0) is 50.8 Å². The highest BCUT2D eigenvalue weighted by Crippen LogP contribution is 2.46. The Labute approximate surface area is 168 Å². The standard InChI is InChI=1S/C19H22Cl2N2O4/c1-11(5-6-16(24)26-2)22-18(25)19-7-3-4-15(19)17(23-27-19)12-8-13(20)10-14(21)9-12/h8-11,15H,3-7H2,1-2H3,(H,22,25)/t11-,15?,19?/m0/s1. The third-order valence-corrected chi connectivity index (χ3v) is 5.61. The fraction of sp³-hybridized carbons (Fsp3) is 0.526. The Morgan fingerprint density at radius 3 is 2.74 bits per heavy atom. The third-order valence-electron chi connectivity index (χ3n) is 5.17. The lowest BCUT2D eigenvalue weighted by Crippen LogP contribution is -2.52. The molecule has 27 heavy (non-hydrogen) atoms. The van der Waals surface area contributed by atoms with E-state index in [0.717, 1.165) is 18.4 Å². The molecule has 3 atom stereocenters. The topological polar surface area (TPSA) is 77.0 Å². The Kier molecular flexibility index (Phi) is 5.96. The molecule has 1 fully saturated rings. The Bertz CT molecular complexity index is 763. The first kappa shape index (κ1) is 20.0. The molecule has 1 saturated carbocycles. The van der Waals surface area contributed by atoms with Crippen molar-refractivity contribution in [3.63, 3.8) is 0 Å². The molecular formula is C19H22Cl2N2O4. The van der Waals surface area contributed by atoms with Crippen molar-refractivity contribution in [3.05, 3.63) is 33.8 Å². The summed E-state index contributed by atoms with van der Waals surface area (Å²) in [6, 6.07) is 5.03. The second-order valence-electron chi connectivity index (χ2n) is 7.05. The number of ether oxygens (including phenoxy) is 1. The number of oxime groups is 1. The predicted molar refractivity (Wildman–Crippen MR) is 103 cm³/mol. The van der Waals surface area contributed by atoms with Gasteiger partial charge in [0.1, 0.15) is 0 Å². The summed E-state index contributed by atoms with van der Waals surface area (Å²) in [6.07, 6.45) is 3.00. The molecule has 0 aromatic heterocycles. The van der Waals surface area contributed by atoms with E-state index in [4.69, 9.17) is 28.0 Å². The number of hydrogen-bond donors (Lipinski definition) is 1. The van der Waals surface area contributed by atoms with Gasteiger partial charge in [0.05, 0.1) is 18.7 Å². The molecule has 1 aliphatic carbocycles. The number of esters is 1. The maximum atomic E-state index is 13.0. The summed E-state index contributed by atoms with van der Waals surface area (Å²) < 4.78 is 4.64. The van der Waals surface area contributed by atoms with Gasteiger partial charge in [0.2, 0.25) is 5.60 Å². The van der Waals surface area contributed by atoms with E-state index >= 15 is 0 Å². The van der Waals surface area contributed by atoms with Crippen LogP contribution in [0.1, 0.15) is 44.6 Å². The Hall–Kier alpha value is -1.79. The van der Waals surface area contributed by atoms with Crippen LogP contribution in [0.15, 0.2) is 23.4 Å². The molecule has 0 bridgehead atoms. The molecule has 2 aliphatic rings. The number of carbonyl (C=O) groups excluding carboxylic acids is 2. The fourth-order valence-corrected chi connectivity index (χ4v) is 4.29. The minimum absolute atomic E-state index is 0.153. The summed E-state index contributed by atoms with van der Waals surface area (Å²) in [5, 5.41) is 8.21. The van der Waals surface area contributed by atoms with Crippen LogP contribution in [-0.4, -0.2) is 36.3 Å². The average Bonchev–Trinajstić information content (AvgIpc) is 3.18. The molecule has 146 valence electrons. The number of hydrogen-bond acceptors (Lipinski definition) is 5.